The van der Waals surface area contributed by atoms with Crippen molar-refractivity contribution < 1.29 is 14.7 Å². The van der Waals surface area contributed by atoms with E-state index in [-0.39, 0.29) is 5.56 Å². The average molecular weight is 349 g/mol. The van der Waals surface area contributed by atoms with E-state index in [1.54, 1.807) is 24.3 Å². The van der Waals surface area contributed by atoms with E-state index in [2.05, 4.69) is 12.2 Å². The van der Waals surface area contributed by atoms with Gasteiger partial charge in [-0.05, 0) is 42.9 Å². The van der Waals surface area contributed by atoms with Crippen LogP contribution in [-0.2, 0) is 12.8 Å². The van der Waals surface area contributed by atoms with Crippen molar-refractivity contribution in [3.8, 4) is 0 Å². The van der Waals surface area contributed by atoms with Gasteiger partial charge >= 0.3 is 0 Å². The Balaban J connectivity index is 1.96. The molecule has 1 unspecified atom stereocenters. The molecule has 0 saturated heterocycles. The van der Waals surface area contributed by atoms with Crippen molar-refractivity contribution in [1.82, 2.24) is 0 Å². The fourth-order valence-corrected chi connectivity index (χ4v) is 4.49. The van der Waals surface area contributed by atoms with Crippen molar-refractivity contribution in [2.45, 2.75) is 26.2 Å². The number of carboxylic acid groups (broad SMARTS) is 1. The lowest BCUT2D eigenvalue weighted by molar-refractivity contribution is -0.254. The van der Waals surface area contributed by atoms with Gasteiger partial charge in [-0.1, -0.05) is 30.7 Å². The number of hydrogen-bond acceptors (Lipinski definition) is 4. The quantitative estimate of drug-likeness (QED) is 0.926. The normalized spacial score (nSPS) is 16.7. The van der Waals surface area contributed by atoms with Gasteiger partial charge < -0.3 is 15.2 Å². The van der Waals surface area contributed by atoms with Crippen LogP contribution in [0.3, 0.4) is 0 Å². The Kier molecular flexibility index (Phi) is 4.41. The average Bonchev–Trinajstić information content (AvgIpc) is 2.84. The molecule has 1 aliphatic carbocycles. The van der Waals surface area contributed by atoms with Gasteiger partial charge in [-0.25, -0.2) is 0 Å². The Morgan fingerprint density at radius 1 is 1.35 bits per heavy atom. The summed E-state index contributed by atoms with van der Waals surface area (Å²) in [5.74, 6) is -1.14. The maximum absolute atomic E-state index is 12.4. The molecule has 3 rings (SSSR count). The molecular formula is C17H15ClNO3S-. The Morgan fingerprint density at radius 2 is 2.09 bits per heavy atom. The zero-order valence-electron chi connectivity index (χ0n) is 12.5. The number of hydrogen-bond donors (Lipinski definition) is 1. The minimum atomic E-state index is -1.24. The summed E-state index contributed by atoms with van der Waals surface area (Å²) in [5, 5.41) is 14.9. The molecule has 1 aromatic carbocycles. The van der Waals surface area contributed by atoms with Crippen LogP contribution in [0.15, 0.2) is 24.3 Å². The molecule has 1 aliphatic rings. The smallest absolute Gasteiger partial charge is 0.257 e. The topological polar surface area (TPSA) is 69.2 Å². The first-order valence-corrected chi connectivity index (χ1v) is 8.58. The van der Waals surface area contributed by atoms with Crippen LogP contribution in [0.1, 0.15) is 44.5 Å². The molecule has 4 nitrogen and oxygen atoms in total. The second-order valence-electron chi connectivity index (χ2n) is 5.78. The number of amides is 1. The molecule has 1 N–H and O–H groups in total. The van der Waals surface area contributed by atoms with Crippen LogP contribution in [0.4, 0.5) is 5.00 Å². The van der Waals surface area contributed by atoms with Crippen LogP contribution in [0.5, 0.6) is 0 Å². The van der Waals surface area contributed by atoms with Gasteiger partial charge in [-0.3, -0.25) is 4.79 Å². The molecule has 0 spiro atoms. The van der Waals surface area contributed by atoms with Crippen molar-refractivity contribution in [1.29, 1.82) is 0 Å². The third-order valence-electron chi connectivity index (χ3n) is 4.06. The Labute approximate surface area is 143 Å². The summed E-state index contributed by atoms with van der Waals surface area (Å²) in [5.41, 5.74) is 1.25. The maximum Gasteiger partial charge on any atom is 0.257 e. The number of rotatable bonds is 3. The minimum absolute atomic E-state index is 0.123. The number of anilines is 1. The molecule has 2 aromatic rings. The van der Waals surface area contributed by atoms with Crippen molar-refractivity contribution in [3.63, 3.8) is 0 Å². The van der Waals surface area contributed by atoms with Gasteiger partial charge in [0.15, 0.2) is 0 Å². The number of nitrogens with one attached hydrogen (secondary N) is 1. The molecule has 1 aromatic heterocycles. The Hall–Kier alpha value is -1.85. The number of halogens is 1. The van der Waals surface area contributed by atoms with Crippen LogP contribution in [0.2, 0.25) is 5.02 Å². The van der Waals surface area contributed by atoms with E-state index in [9.17, 15) is 14.7 Å². The Morgan fingerprint density at radius 3 is 2.78 bits per heavy atom. The van der Waals surface area contributed by atoms with Crippen molar-refractivity contribution in [3.05, 3.63) is 50.9 Å². The lowest BCUT2D eigenvalue weighted by Gasteiger charge is -2.19. The third kappa shape index (κ3) is 3.12. The summed E-state index contributed by atoms with van der Waals surface area (Å²) in [4.78, 5) is 24.9. The molecule has 0 aliphatic heterocycles. The number of fused-ring (bicyclic) bond motifs is 1. The fourth-order valence-electron chi connectivity index (χ4n) is 2.87. The van der Waals surface area contributed by atoms with E-state index in [0.717, 1.165) is 23.3 Å². The first kappa shape index (κ1) is 16.0. The van der Waals surface area contributed by atoms with Crippen molar-refractivity contribution in [2.24, 2.45) is 5.92 Å². The first-order valence-electron chi connectivity index (χ1n) is 7.39. The number of carbonyl (C=O) groups is 2. The highest BCUT2D eigenvalue weighted by Crippen LogP contribution is 2.39. The second kappa shape index (κ2) is 6.34. The highest BCUT2D eigenvalue weighted by Gasteiger charge is 2.25. The molecule has 23 heavy (non-hydrogen) atoms. The highest BCUT2D eigenvalue weighted by atomic mass is 35.5. The molecule has 120 valence electrons. The van der Waals surface area contributed by atoms with E-state index in [0.29, 0.717) is 27.9 Å². The molecule has 0 bridgehead atoms. The highest BCUT2D eigenvalue weighted by molar-refractivity contribution is 7.17. The predicted molar refractivity (Wildman–Crippen MR) is 89.2 cm³/mol. The van der Waals surface area contributed by atoms with Gasteiger partial charge in [-0.2, -0.15) is 0 Å². The molecule has 0 saturated carbocycles. The largest absolute Gasteiger partial charge is 0.545 e. The van der Waals surface area contributed by atoms with E-state index in [1.807, 2.05) is 0 Å². The van der Waals surface area contributed by atoms with Crippen LogP contribution < -0.4 is 10.4 Å². The van der Waals surface area contributed by atoms with E-state index >= 15 is 0 Å². The summed E-state index contributed by atoms with van der Waals surface area (Å²) >= 11 is 7.35. The molecule has 1 atom stereocenters. The van der Waals surface area contributed by atoms with Crippen LogP contribution in [0, 0.1) is 5.92 Å². The minimum Gasteiger partial charge on any atom is -0.545 e. The molecule has 1 heterocycles. The lowest BCUT2D eigenvalue weighted by Crippen LogP contribution is -2.26. The van der Waals surface area contributed by atoms with Gasteiger partial charge in [-0.15, -0.1) is 11.3 Å². The molecule has 0 radical (unpaired) electrons. The summed E-state index contributed by atoms with van der Waals surface area (Å²) in [7, 11) is 0. The van der Waals surface area contributed by atoms with Gasteiger partial charge in [0.05, 0.1) is 16.6 Å². The number of aromatic carboxylic acids is 1. The Bertz CT molecular complexity index is 784. The zero-order valence-corrected chi connectivity index (χ0v) is 14.1. The molecule has 6 heteroatoms. The predicted octanol–water partition coefficient (Wildman–Crippen LogP) is 3.14. The van der Waals surface area contributed by atoms with Crippen LogP contribution in [-0.4, -0.2) is 11.9 Å². The van der Waals surface area contributed by atoms with Crippen molar-refractivity contribution >= 4 is 39.8 Å². The third-order valence-corrected chi connectivity index (χ3v) is 5.56. The summed E-state index contributed by atoms with van der Waals surface area (Å²) < 4.78 is 0. The SMILES string of the molecule is CC1CCc2c(sc(NC(=O)c3ccccc3Cl)c2C(=O)[O-])C1. The van der Waals surface area contributed by atoms with Gasteiger partial charge in [0.1, 0.15) is 5.00 Å². The second-order valence-corrected chi connectivity index (χ2v) is 7.29. The summed E-state index contributed by atoms with van der Waals surface area (Å²) in [6.07, 6.45) is 2.49. The van der Waals surface area contributed by atoms with E-state index < -0.39 is 11.9 Å². The van der Waals surface area contributed by atoms with Gasteiger partial charge in [0.2, 0.25) is 0 Å². The molecule has 1 amide bonds. The van der Waals surface area contributed by atoms with Gasteiger partial charge in [0.25, 0.3) is 5.91 Å². The number of carbonyl (C=O) groups excluding carboxylic acids is 2. The first-order chi connectivity index (χ1) is 11.0. The van der Waals surface area contributed by atoms with E-state index in [4.69, 9.17) is 11.6 Å². The van der Waals surface area contributed by atoms with Gasteiger partial charge in [0, 0.05) is 10.4 Å². The lowest BCUT2D eigenvalue weighted by atomic mass is 9.88. The van der Waals surface area contributed by atoms with Crippen molar-refractivity contribution in [2.75, 3.05) is 5.32 Å². The van der Waals surface area contributed by atoms with Crippen LogP contribution in [0.25, 0.3) is 0 Å². The van der Waals surface area contributed by atoms with E-state index in [1.165, 1.54) is 11.3 Å². The summed E-state index contributed by atoms with van der Waals surface area (Å²) in [6.45, 7) is 2.14. The number of thiophene rings is 1. The number of benzene rings is 1. The van der Waals surface area contributed by atoms with Crippen LogP contribution >= 0.6 is 22.9 Å². The fraction of sp³-hybridized carbons (Fsp3) is 0.294. The zero-order chi connectivity index (χ0) is 16.6. The molecule has 0 fully saturated rings. The summed E-state index contributed by atoms with van der Waals surface area (Å²) in [6, 6.07) is 6.67. The maximum atomic E-state index is 12.4. The monoisotopic (exact) mass is 348 g/mol. The molecular weight excluding hydrogens is 334 g/mol. The standard InChI is InChI=1S/C17H16ClNO3S/c1-9-6-7-11-13(8-9)23-16(14(11)17(21)22)19-15(20)10-4-2-3-5-12(10)18/h2-5,9H,6-8H2,1H3,(H,19,20)(H,21,22)/p-1. The number of carboxylic acids is 1.